The maximum Gasteiger partial charge on any atom is 0.233 e. The van der Waals surface area contributed by atoms with Gasteiger partial charge in [0.05, 0.1) is 18.5 Å². The first-order valence-corrected chi connectivity index (χ1v) is 10.6. The van der Waals surface area contributed by atoms with E-state index in [0.717, 1.165) is 17.8 Å². The van der Waals surface area contributed by atoms with Gasteiger partial charge in [-0.1, -0.05) is 30.3 Å². The van der Waals surface area contributed by atoms with Gasteiger partial charge in [0.15, 0.2) is 0 Å². The summed E-state index contributed by atoms with van der Waals surface area (Å²) < 4.78 is 33.0. The number of morpholine rings is 1. The zero-order chi connectivity index (χ0) is 18.6. The molecule has 26 heavy (non-hydrogen) atoms. The summed E-state index contributed by atoms with van der Waals surface area (Å²) in [5.74, 6) is 0.0662. The lowest BCUT2D eigenvalue weighted by atomic mass is 10.1. The summed E-state index contributed by atoms with van der Waals surface area (Å²) in [6.07, 6.45) is 0.694. The van der Waals surface area contributed by atoms with E-state index in [1.165, 1.54) is 0 Å². The standard InChI is InChI=1S/C20H26N2O3S/c1-16-15-25-17(2)14-22(16)20-10-8-19(9-11-20)21-26(23,24)13-12-18-6-4-3-5-7-18/h3-11,16-17,21H,12-15H2,1-2H3. The van der Waals surface area contributed by atoms with Crippen LogP contribution in [0.15, 0.2) is 54.6 Å². The monoisotopic (exact) mass is 374 g/mol. The largest absolute Gasteiger partial charge is 0.375 e. The zero-order valence-electron chi connectivity index (χ0n) is 15.3. The molecule has 2 atom stereocenters. The van der Waals surface area contributed by atoms with Crippen LogP contribution in [0.4, 0.5) is 11.4 Å². The normalized spacial score (nSPS) is 20.8. The predicted octanol–water partition coefficient (Wildman–Crippen LogP) is 3.28. The minimum absolute atomic E-state index is 0.0662. The molecule has 1 aliphatic rings. The van der Waals surface area contributed by atoms with Gasteiger partial charge < -0.3 is 9.64 Å². The molecular weight excluding hydrogens is 348 g/mol. The zero-order valence-corrected chi connectivity index (χ0v) is 16.1. The number of anilines is 2. The van der Waals surface area contributed by atoms with Gasteiger partial charge >= 0.3 is 0 Å². The lowest BCUT2D eigenvalue weighted by molar-refractivity contribution is 0.0344. The number of nitrogens with one attached hydrogen (secondary N) is 1. The Labute approximate surface area is 156 Å². The van der Waals surface area contributed by atoms with Crippen molar-refractivity contribution in [2.24, 2.45) is 0 Å². The molecule has 1 heterocycles. The predicted molar refractivity (Wildman–Crippen MR) is 106 cm³/mol. The number of nitrogens with zero attached hydrogens (tertiary/aromatic N) is 1. The maximum absolute atomic E-state index is 12.3. The fraction of sp³-hybridized carbons (Fsp3) is 0.400. The molecule has 6 heteroatoms. The first-order chi connectivity index (χ1) is 12.4. The summed E-state index contributed by atoms with van der Waals surface area (Å²) in [6, 6.07) is 17.5. The van der Waals surface area contributed by atoms with Crippen molar-refractivity contribution in [1.82, 2.24) is 0 Å². The Morgan fingerprint density at radius 2 is 1.77 bits per heavy atom. The lowest BCUT2D eigenvalue weighted by Gasteiger charge is -2.38. The number of sulfonamides is 1. The van der Waals surface area contributed by atoms with Crippen LogP contribution in [0.5, 0.6) is 0 Å². The number of hydrogen-bond acceptors (Lipinski definition) is 4. The first-order valence-electron chi connectivity index (χ1n) is 8.96. The third kappa shape index (κ3) is 4.99. The van der Waals surface area contributed by atoms with E-state index in [0.29, 0.717) is 24.8 Å². The van der Waals surface area contributed by atoms with Crippen LogP contribution in [0.1, 0.15) is 19.4 Å². The van der Waals surface area contributed by atoms with Crippen LogP contribution in [0.2, 0.25) is 0 Å². The number of rotatable bonds is 6. The molecule has 1 saturated heterocycles. The van der Waals surface area contributed by atoms with Crippen molar-refractivity contribution in [3.63, 3.8) is 0 Å². The van der Waals surface area contributed by atoms with E-state index in [2.05, 4.69) is 23.5 Å². The van der Waals surface area contributed by atoms with Gasteiger partial charge in [0.25, 0.3) is 0 Å². The molecule has 0 aliphatic carbocycles. The summed E-state index contributed by atoms with van der Waals surface area (Å²) in [5.41, 5.74) is 2.69. The van der Waals surface area contributed by atoms with Gasteiger partial charge in [-0.25, -0.2) is 8.42 Å². The highest BCUT2D eigenvalue weighted by Gasteiger charge is 2.23. The van der Waals surface area contributed by atoms with Crippen molar-refractivity contribution in [2.45, 2.75) is 32.4 Å². The van der Waals surface area contributed by atoms with Crippen molar-refractivity contribution in [1.29, 1.82) is 0 Å². The summed E-state index contributed by atoms with van der Waals surface area (Å²) in [4.78, 5) is 2.29. The number of benzene rings is 2. The molecule has 140 valence electrons. The molecule has 0 bridgehead atoms. The second-order valence-corrected chi connectivity index (χ2v) is 8.69. The van der Waals surface area contributed by atoms with Crippen LogP contribution in [0, 0.1) is 0 Å². The molecule has 5 nitrogen and oxygen atoms in total. The highest BCUT2D eigenvalue weighted by molar-refractivity contribution is 7.92. The molecule has 1 fully saturated rings. The molecule has 3 rings (SSSR count). The third-order valence-electron chi connectivity index (χ3n) is 4.58. The van der Waals surface area contributed by atoms with Gasteiger partial charge in [-0.15, -0.1) is 0 Å². The van der Waals surface area contributed by atoms with Gasteiger partial charge in [0.2, 0.25) is 10.0 Å². The Balaban J connectivity index is 1.61. The van der Waals surface area contributed by atoms with E-state index in [1.807, 2.05) is 54.6 Å². The van der Waals surface area contributed by atoms with Crippen LogP contribution in [0.3, 0.4) is 0 Å². The van der Waals surface area contributed by atoms with Crippen LogP contribution in [-0.4, -0.2) is 39.5 Å². The second kappa shape index (κ2) is 8.10. The van der Waals surface area contributed by atoms with Crippen molar-refractivity contribution >= 4 is 21.4 Å². The van der Waals surface area contributed by atoms with E-state index in [-0.39, 0.29) is 11.9 Å². The molecule has 0 spiro atoms. The SMILES string of the molecule is CC1CN(c2ccc(NS(=O)(=O)CCc3ccccc3)cc2)C(C)CO1. The van der Waals surface area contributed by atoms with E-state index in [4.69, 9.17) is 4.74 Å². The summed E-state index contributed by atoms with van der Waals surface area (Å²) in [6.45, 7) is 5.73. The van der Waals surface area contributed by atoms with E-state index in [1.54, 1.807) is 0 Å². The smallest absolute Gasteiger partial charge is 0.233 e. The fourth-order valence-corrected chi connectivity index (χ4v) is 4.21. The van der Waals surface area contributed by atoms with Crippen LogP contribution in [-0.2, 0) is 21.2 Å². The van der Waals surface area contributed by atoms with Crippen LogP contribution < -0.4 is 9.62 Å². The lowest BCUT2D eigenvalue weighted by Crippen LogP contribution is -2.47. The quantitative estimate of drug-likeness (QED) is 0.843. The molecule has 1 N–H and O–H groups in total. The molecular formula is C20H26N2O3S. The minimum Gasteiger partial charge on any atom is -0.375 e. The Bertz CT molecular complexity index is 807. The molecule has 0 radical (unpaired) electrons. The van der Waals surface area contributed by atoms with Gasteiger partial charge in [-0.05, 0) is 50.1 Å². The summed E-state index contributed by atoms with van der Waals surface area (Å²) in [7, 11) is -3.37. The maximum atomic E-state index is 12.3. The topological polar surface area (TPSA) is 58.6 Å². The molecule has 2 unspecified atom stereocenters. The highest BCUT2D eigenvalue weighted by atomic mass is 32.2. The molecule has 0 aromatic heterocycles. The number of aryl methyl sites for hydroxylation is 1. The molecule has 2 aromatic carbocycles. The number of hydrogen-bond donors (Lipinski definition) is 1. The second-order valence-electron chi connectivity index (χ2n) is 6.85. The first kappa shape index (κ1) is 18.7. The van der Waals surface area contributed by atoms with Gasteiger partial charge in [0.1, 0.15) is 0 Å². The van der Waals surface area contributed by atoms with Gasteiger partial charge in [-0.2, -0.15) is 0 Å². The minimum atomic E-state index is -3.37. The van der Waals surface area contributed by atoms with Gasteiger partial charge in [-0.3, -0.25) is 4.72 Å². The summed E-state index contributed by atoms with van der Waals surface area (Å²) in [5, 5.41) is 0. The van der Waals surface area contributed by atoms with Crippen molar-refractivity contribution in [3.8, 4) is 0 Å². The molecule has 2 aromatic rings. The Morgan fingerprint density at radius 3 is 2.46 bits per heavy atom. The van der Waals surface area contributed by atoms with Gasteiger partial charge in [0, 0.05) is 24.0 Å². The van der Waals surface area contributed by atoms with E-state index < -0.39 is 10.0 Å². The van der Waals surface area contributed by atoms with Crippen molar-refractivity contribution in [2.75, 3.05) is 28.5 Å². The summed E-state index contributed by atoms with van der Waals surface area (Å²) >= 11 is 0. The number of ether oxygens (including phenoxy) is 1. The molecule has 0 saturated carbocycles. The fourth-order valence-electron chi connectivity index (χ4n) is 3.11. The Kier molecular flexibility index (Phi) is 5.84. The van der Waals surface area contributed by atoms with Crippen molar-refractivity contribution < 1.29 is 13.2 Å². The van der Waals surface area contributed by atoms with Crippen molar-refractivity contribution in [3.05, 3.63) is 60.2 Å². The van der Waals surface area contributed by atoms with Crippen LogP contribution in [0.25, 0.3) is 0 Å². The average molecular weight is 375 g/mol. The van der Waals surface area contributed by atoms with E-state index >= 15 is 0 Å². The molecule has 0 amide bonds. The molecule has 1 aliphatic heterocycles. The highest BCUT2D eigenvalue weighted by Crippen LogP contribution is 2.24. The average Bonchev–Trinajstić information content (AvgIpc) is 2.63. The third-order valence-corrected chi connectivity index (χ3v) is 5.87. The Hall–Kier alpha value is -2.05. The van der Waals surface area contributed by atoms with E-state index in [9.17, 15) is 8.42 Å². The Morgan fingerprint density at radius 1 is 1.08 bits per heavy atom. The van der Waals surface area contributed by atoms with Crippen LogP contribution >= 0.6 is 0 Å².